The van der Waals surface area contributed by atoms with E-state index in [1.165, 1.54) is 12.1 Å². The molecule has 0 saturated heterocycles. The van der Waals surface area contributed by atoms with Crippen LogP contribution in [0.25, 0.3) is 0 Å². The summed E-state index contributed by atoms with van der Waals surface area (Å²) in [5.74, 6) is -3.35. The molecule has 0 aliphatic heterocycles. The topological polar surface area (TPSA) is 185 Å². The molecule has 3 amide bonds. The van der Waals surface area contributed by atoms with E-state index < -0.39 is 41.8 Å². The highest BCUT2D eigenvalue weighted by molar-refractivity contribution is 5.93. The SMILES string of the molecule is CC(C)C[C@H](NC(=O)[C@@H](N)CC(N)=O)C(=O)N[C@@H](Cc1ccc(O)cc1)C(=O)O. The van der Waals surface area contributed by atoms with Crippen molar-refractivity contribution in [3.8, 4) is 5.75 Å². The summed E-state index contributed by atoms with van der Waals surface area (Å²) in [6.07, 6.45) is -0.141. The van der Waals surface area contributed by atoms with Crippen molar-refractivity contribution in [1.82, 2.24) is 10.6 Å². The summed E-state index contributed by atoms with van der Waals surface area (Å²) in [5.41, 5.74) is 11.2. The van der Waals surface area contributed by atoms with E-state index >= 15 is 0 Å². The number of nitrogens with two attached hydrogens (primary N) is 2. The Labute approximate surface area is 168 Å². The Morgan fingerprint density at radius 2 is 1.55 bits per heavy atom. The second-order valence-electron chi connectivity index (χ2n) is 7.24. The van der Waals surface area contributed by atoms with E-state index in [1.807, 2.05) is 13.8 Å². The number of hydrogen-bond acceptors (Lipinski definition) is 6. The van der Waals surface area contributed by atoms with Gasteiger partial charge in [0.15, 0.2) is 0 Å². The Hall–Kier alpha value is -3.14. The summed E-state index contributed by atoms with van der Waals surface area (Å²) in [4.78, 5) is 47.3. The van der Waals surface area contributed by atoms with E-state index in [0.29, 0.717) is 5.56 Å². The van der Waals surface area contributed by atoms with Gasteiger partial charge in [-0.3, -0.25) is 14.4 Å². The summed E-state index contributed by atoms with van der Waals surface area (Å²) in [6, 6.07) is 2.46. The quantitative estimate of drug-likeness (QED) is 0.278. The number of aliphatic carboxylic acids is 1. The maximum absolute atomic E-state index is 12.7. The van der Waals surface area contributed by atoms with E-state index in [1.54, 1.807) is 12.1 Å². The van der Waals surface area contributed by atoms with Crippen LogP contribution < -0.4 is 22.1 Å². The molecule has 1 aromatic carbocycles. The fourth-order valence-electron chi connectivity index (χ4n) is 2.63. The average molecular weight is 408 g/mol. The van der Waals surface area contributed by atoms with Crippen LogP contribution in [0.3, 0.4) is 0 Å². The second-order valence-corrected chi connectivity index (χ2v) is 7.24. The Morgan fingerprint density at radius 1 is 1.00 bits per heavy atom. The maximum atomic E-state index is 12.7. The smallest absolute Gasteiger partial charge is 0.326 e. The van der Waals surface area contributed by atoms with Crippen LogP contribution in [0.5, 0.6) is 5.75 Å². The first-order valence-corrected chi connectivity index (χ1v) is 9.15. The van der Waals surface area contributed by atoms with Gasteiger partial charge >= 0.3 is 5.97 Å². The molecule has 0 saturated carbocycles. The molecule has 160 valence electrons. The fourth-order valence-corrected chi connectivity index (χ4v) is 2.63. The van der Waals surface area contributed by atoms with Crippen molar-refractivity contribution in [2.45, 2.75) is 51.2 Å². The number of carboxylic acids is 1. The van der Waals surface area contributed by atoms with Crippen LogP contribution in [-0.2, 0) is 25.6 Å². The van der Waals surface area contributed by atoms with Gasteiger partial charge in [-0.1, -0.05) is 26.0 Å². The van der Waals surface area contributed by atoms with Crippen molar-refractivity contribution in [3.05, 3.63) is 29.8 Å². The molecule has 0 radical (unpaired) electrons. The lowest BCUT2D eigenvalue weighted by molar-refractivity contribution is -0.142. The number of benzene rings is 1. The first kappa shape index (κ1) is 23.9. The highest BCUT2D eigenvalue weighted by atomic mass is 16.4. The molecule has 0 unspecified atom stereocenters. The van der Waals surface area contributed by atoms with Gasteiger partial charge in [0.1, 0.15) is 17.8 Å². The number of phenolic OH excluding ortho intramolecular Hbond substituents is 1. The summed E-state index contributed by atoms with van der Waals surface area (Å²) >= 11 is 0. The van der Waals surface area contributed by atoms with Crippen LogP contribution in [0, 0.1) is 5.92 Å². The van der Waals surface area contributed by atoms with Gasteiger partial charge in [-0.2, -0.15) is 0 Å². The molecule has 0 aromatic heterocycles. The second kappa shape index (κ2) is 11.0. The van der Waals surface area contributed by atoms with Gasteiger partial charge in [-0.25, -0.2) is 4.79 Å². The van der Waals surface area contributed by atoms with E-state index in [9.17, 15) is 29.4 Å². The molecular weight excluding hydrogens is 380 g/mol. The van der Waals surface area contributed by atoms with Crippen molar-refractivity contribution >= 4 is 23.7 Å². The lowest BCUT2D eigenvalue weighted by Crippen LogP contribution is -2.55. The third-order valence-corrected chi connectivity index (χ3v) is 4.09. The molecule has 1 aromatic rings. The Bertz CT molecular complexity index is 735. The van der Waals surface area contributed by atoms with E-state index in [4.69, 9.17) is 11.5 Å². The summed E-state index contributed by atoms with van der Waals surface area (Å²) < 4.78 is 0. The Morgan fingerprint density at radius 3 is 2.03 bits per heavy atom. The predicted molar refractivity (Wildman–Crippen MR) is 105 cm³/mol. The van der Waals surface area contributed by atoms with Crippen LogP contribution in [0.4, 0.5) is 0 Å². The molecule has 8 N–H and O–H groups in total. The molecule has 0 heterocycles. The van der Waals surface area contributed by atoms with Gasteiger partial charge in [0, 0.05) is 6.42 Å². The third kappa shape index (κ3) is 8.60. The number of amides is 3. The zero-order valence-corrected chi connectivity index (χ0v) is 16.4. The summed E-state index contributed by atoms with van der Waals surface area (Å²) in [7, 11) is 0. The number of carboxylic acid groups (broad SMARTS) is 1. The van der Waals surface area contributed by atoms with Gasteiger partial charge in [-0.05, 0) is 30.0 Å². The van der Waals surface area contributed by atoms with E-state index in [2.05, 4.69) is 10.6 Å². The van der Waals surface area contributed by atoms with Crippen LogP contribution in [0.1, 0.15) is 32.3 Å². The predicted octanol–water partition coefficient (Wildman–Crippen LogP) is -0.762. The van der Waals surface area contributed by atoms with Crippen LogP contribution in [0.15, 0.2) is 24.3 Å². The molecule has 10 heteroatoms. The van der Waals surface area contributed by atoms with Gasteiger partial charge in [0.2, 0.25) is 17.7 Å². The monoisotopic (exact) mass is 408 g/mol. The maximum Gasteiger partial charge on any atom is 0.326 e. The number of hydrogen-bond donors (Lipinski definition) is 6. The minimum atomic E-state index is -1.24. The number of nitrogens with one attached hydrogen (secondary N) is 2. The number of carbonyl (C=O) groups is 4. The Kier molecular flexibility index (Phi) is 9.07. The molecule has 10 nitrogen and oxygen atoms in total. The van der Waals surface area contributed by atoms with E-state index in [-0.39, 0.29) is 30.9 Å². The molecule has 0 fully saturated rings. The standard InChI is InChI=1S/C19H28N4O6/c1-10(2)7-14(22-17(26)13(20)9-16(21)25)18(27)23-15(19(28)29)8-11-3-5-12(24)6-4-11/h3-6,10,13-15,24H,7-9,20H2,1-2H3,(H2,21,25)(H,22,26)(H,23,27)(H,28,29)/t13-,14-,15-/m0/s1. The fraction of sp³-hybridized carbons (Fsp3) is 0.474. The average Bonchev–Trinajstić information content (AvgIpc) is 2.61. The highest BCUT2D eigenvalue weighted by Crippen LogP contribution is 2.12. The van der Waals surface area contributed by atoms with Crippen molar-refractivity contribution in [1.29, 1.82) is 0 Å². The molecule has 0 aliphatic rings. The third-order valence-electron chi connectivity index (χ3n) is 4.09. The molecule has 0 bridgehead atoms. The number of carbonyl (C=O) groups excluding carboxylic acids is 3. The minimum absolute atomic E-state index is 0.00904. The number of phenols is 1. The number of aromatic hydroxyl groups is 1. The number of primary amides is 1. The molecule has 29 heavy (non-hydrogen) atoms. The van der Waals surface area contributed by atoms with Crippen LogP contribution >= 0.6 is 0 Å². The van der Waals surface area contributed by atoms with Crippen molar-refractivity contribution in [3.63, 3.8) is 0 Å². The Balaban J connectivity index is 2.87. The molecular formula is C19H28N4O6. The first-order chi connectivity index (χ1) is 13.5. The first-order valence-electron chi connectivity index (χ1n) is 9.15. The molecule has 1 rings (SSSR count). The van der Waals surface area contributed by atoms with E-state index in [0.717, 1.165) is 0 Å². The summed E-state index contributed by atoms with van der Waals surface area (Å²) in [5, 5.41) is 23.6. The number of rotatable bonds is 11. The zero-order chi connectivity index (χ0) is 22.1. The normalized spacial score (nSPS) is 13.9. The minimum Gasteiger partial charge on any atom is -0.508 e. The lowest BCUT2D eigenvalue weighted by atomic mass is 10.0. The van der Waals surface area contributed by atoms with Gasteiger partial charge in [-0.15, -0.1) is 0 Å². The van der Waals surface area contributed by atoms with Crippen molar-refractivity contribution in [2.24, 2.45) is 17.4 Å². The van der Waals surface area contributed by atoms with Crippen molar-refractivity contribution < 1.29 is 29.4 Å². The van der Waals surface area contributed by atoms with Crippen LogP contribution in [-0.4, -0.2) is 52.0 Å². The van der Waals surface area contributed by atoms with Gasteiger partial charge in [0.25, 0.3) is 0 Å². The van der Waals surface area contributed by atoms with Crippen LogP contribution in [0.2, 0.25) is 0 Å². The van der Waals surface area contributed by atoms with Gasteiger partial charge in [0.05, 0.1) is 12.5 Å². The highest BCUT2D eigenvalue weighted by Gasteiger charge is 2.29. The summed E-state index contributed by atoms with van der Waals surface area (Å²) in [6.45, 7) is 3.67. The zero-order valence-electron chi connectivity index (χ0n) is 16.4. The lowest BCUT2D eigenvalue weighted by Gasteiger charge is -2.24. The molecule has 0 aliphatic carbocycles. The molecule has 3 atom stereocenters. The largest absolute Gasteiger partial charge is 0.508 e. The molecule has 0 spiro atoms. The van der Waals surface area contributed by atoms with Gasteiger partial charge < -0.3 is 32.3 Å². The van der Waals surface area contributed by atoms with Crippen molar-refractivity contribution in [2.75, 3.05) is 0 Å².